The Kier molecular flexibility index (Phi) is 6.73. The topological polar surface area (TPSA) is 64.6 Å². The molecule has 0 saturated heterocycles. The first kappa shape index (κ1) is 22.5. The molecule has 7 heteroatoms. The Morgan fingerprint density at radius 2 is 1.68 bits per heavy atom. The maximum atomic E-state index is 14.4. The van der Waals surface area contributed by atoms with Gasteiger partial charge < -0.3 is 5.32 Å². The minimum absolute atomic E-state index is 0.0461. The lowest BCUT2D eigenvalue weighted by Crippen LogP contribution is -2.23. The van der Waals surface area contributed by atoms with Crippen molar-refractivity contribution in [3.05, 3.63) is 88.7 Å². The molecule has 0 bridgehead atoms. The molecule has 0 atom stereocenters. The Morgan fingerprint density at radius 3 is 2.32 bits per heavy atom. The zero-order valence-corrected chi connectivity index (χ0v) is 18.0. The van der Waals surface area contributed by atoms with Crippen molar-refractivity contribution in [3.63, 3.8) is 0 Å². The Balaban J connectivity index is 2.02. The largest absolute Gasteiger partial charge is 0.375 e. The van der Waals surface area contributed by atoms with Crippen LogP contribution in [0.4, 0.5) is 10.1 Å². The zero-order chi connectivity index (χ0) is 22.6. The van der Waals surface area contributed by atoms with Crippen LogP contribution in [0, 0.1) is 5.82 Å². The van der Waals surface area contributed by atoms with E-state index in [-0.39, 0.29) is 21.8 Å². The molecule has 1 N–H and O–H groups in total. The first-order chi connectivity index (χ1) is 14.7. The second-order valence-corrected chi connectivity index (χ2v) is 8.15. The van der Waals surface area contributed by atoms with Crippen LogP contribution in [0.1, 0.15) is 41.5 Å². The molecule has 0 saturated carbocycles. The lowest BCUT2D eigenvalue weighted by Gasteiger charge is -2.18. The smallest absolute Gasteiger partial charge is 0.321 e. The summed E-state index contributed by atoms with van der Waals surface area (Å²) in [6.45, 7) is 5.17. The maximum absolute atomic E-state index is 14.4. The van der Waals surface area contributed by atoms with Gasteiger partial charge in [0.1, 0.15) is 11.4 Å². The summed E-state index contributed by atoms with van der Waals surface area (Å²) in [7, 11) is 0. The van der Waals surface area contributed by atoms with Gasteiger partial charge in [0.2, 0.25) is 0 Å². The molecular weight excluding hydrogens is 421 g/mol. The third-order valence-corrected chi connectivity index (χ3v) is 4.46. The van der Waals surface area contributed by atoms with Crippen molar-refractivity contribution in [1.29, 1.82) is 0 Å². The van der Waals surface area contributed by atoms with E-state index in [9.17, 15) is 14.0 Å². The molecule has 3 aromatic carbocycles. The van der Waals surface area contributed by atoms with Crippen LogP contribution in [0.25, 0.3) is 11.1 Å². The Bertz CT molecular complexity index is 1090. The fourth-order valence-corrected chi connectivity index (χ4v) is 3.02. The molecule has 0 spiro atoms. The molecule has 31 heavy (non-hydrogen) atoms. The molecule has 0 aliphatic rings. The van der Waals surface area contributed by atoms with Gasteiger partial charge in [0, 0.05) is 11.1 Å². The van der Waals surface area contributed by atoms with Crippen molar-refractivity contribution >= 4 is 29.2 Å². The fraction of sp³-hybridized carbons (Fsp3) is 0.167. The van der Waals surface area contributed by atoms with Crippen molar-refractivity contribution in [3.8, 4) is 11.1 Å². The summed E-state index contributed by atoms with van der Waals surface area (Å²) in [6.07, 6.45) is 0. The van der Waals surface area contributed by atoms with Gasteiger partial charge in [-0.25, -0.2) is 9.18 Å². The summed E-state index contributed by atoms with van der Waals surface area (Å²) in [5.41, 5.74) is 0.397. The normalized spacial score (nSPS) is 11.1. The molecule has 0 aliphatic carbocycles. The second kappa shape index (κ2) is 9.29. The summed E-state index contributed by atoms with van der Waals surface area (Å²) in [5.74, 6) is -1.77. The Labute approximate surface area is 184 Å². The van der Waals surface area contributed by atoms with Gasteiger partial charge in [-0.2, -0.15) is 4.89 Å². The average molecular weight is 442 g/mol. The number of amides is 1. The summed E-state index contributed by atoms with van der Waals surface area (Å²) >= 11 is 6.18. The van der Waals surface area contributed by atoms with Crippen LogP contribution in [0.15, 0.2) is 66.7 Å². The molecule has 0 fully saturated rings. The van der Waals surface area contributed by atoms with E-state index in [0.717, 1.165) is 0 Å². The first-order valence-electron chi connectivity index (χ1n) is 9.50. The van der Waals surface area contributed by atoms with E-state index in [4.69, 9.17) is 21.4 Å². The first-order valence-corrected chi connectivity index (χ1v) is 9.88. The molecule has 3 rings (SSSR count). The summed E-state index contributed by atoms with van der Waals surface area (Å²) in [5, 5.41) is 2.89. The second-order valence-electron chi connectivity index (χ2n) is 7.74. The highest BCUT2D eigenvalue weighted by atomic mass is 35.5. The van der Waals surface area contributed by atoms with Crippen molar-refractivity contribution in [2.24, 2.45) is 0 Å². The van der Waals surface area contributed by atoms with Crippen molar-refractivity contribution in [2.75, 3.05) is 5.32 Å². The molecule has 3 aromatic rings. The number of benzene rings is 3. The number of carbonyl (C=O) groups excluding carboxylic acids is 2. The van der Waals surface area contributed by atoms with Gasteiger partial charge in [0.25, 0.3) is 5.91 Å². The number of anilines is 1. The Hall–Kier alpha value is -3.22. The zero-order valence-electron chi connectivity index (χ0n) is 17.2. The average Bonchev–Trinajstić information content (AvgIpc) is 2.72. The number of hydrogen-bond acceptors (Lipinski definition) is 4. The number of rotatable bonds is 5. The van der Waals surface area contributed by atoms with Gasteiger partial charge in [0.15, 0.2) is 0 Å². The van der Waals surface area contributed by atoms with Gasteiger partial charge in [-0.15, -0.1) is 0 Å². The highest BCUT2D eigenvalue weighted by molar-refractivity contribution is 6.33. The quantitative estimate of drug-likeness (QED) is 0.373. The van der Waals surface area contributed by atoms with E-state index in [2.05, 4.69) is 5.32 Å². The molecule has 0 aliphatic heterocycles. The summed E-state index contributed by atoms with van der Waals surface area (Å²) in [6, 6.07) is 17.2. The van der Waals surface area contributed by atoms with Gasteiger partial charge in [-0.3, -0.25) is 9.68 Å². The minimum atomic E-state index is -0.801. The third kappa shape index (κ3) is 5.69. The lowest BCUT2D eigenvalue weighted by molar-refractivity contribution is -0.301. The predicted molar refractivity (Wildman–Crippen MR) is 117 cm³/mol. The lowest BCUT2D eigenvalue weighted by atomic mass is 10.0. The van der Waals surface area contributed by atoms with Crippen LogP contribution in [0.5, 0.6) is 0 Å². The maximum Gasteiger partial charge on any atom is 0.375 e. The number of carbonyl (C=O) groups is 2. The van der Waals surface area contributed by atoms with Gasteiger partial charge in [0.05, 0.1) is 16.3 Å². The van der Waals surface area contributed by atoms with Crippen molar-refractivity contribution in [2.45, 2.75) is 26.4 Å². The molecule has 160 valence electrons. The SMILES string of the molecule is CC(C)(C)OOC(=O)c1ccc(-c2c(F)cccc2Cl)cc1NC(=O)c1ccccc1. The molecule has 0 heterocycles. The highest BCUT2D eigenvalue weighted by Gasteiger charge is 2.22. The summed E-state index contributed by atoms with van der Waals surface area (Å²) in [4.78, 5) is 35.3. The molecule has 0 unspecified atom stereocenters. The highest BCUT2D eigenvalue weighted by Crippen LogP contribution is 2.33. The molecule has 0 radical (unpaired) electrons. The molecule has 1 amide bonds. The Morgan fingerprint density at radius 1 is 0.968 bits per heavy atom. The van der Waals surface area contributed by atoms with Gasteiger partial charge >= 0.3 is 5.97 Å². The van der Waals surface area contributed by atoms with Crippen molar-refractivity contribution < 1.29 is 23.8 Å². The van der Waals surface area contributed by atoms with Crippen LogP contribution in [-0.2, 0) is 9.78 Å². The third-order valence-electron chi connectivity index (χ3n) is 4.14. The van der Waals surface area contributed by atoms with E-state index >= 15 is 0 Å². The minimum Gasteiger partial charge on any atom is -0.321 e. The number of nitrogens with one attached hydrogen (secondary N) is 1. The summed E-state index contributed by atoms with van der Waals surface area (Å²) < 4.78 is 14.4. The monoisotopic (exact) mass is 441 g/mol. The van der Waals surface area contributed by atoms with Crippen LogP contribution in [0.2, 0.25) is 5.02 Å². The van der Waals surface area contributed by atoms with Crippen LogP contribution >= 0.6 is 11.6 Å². The van der Waals surface area contributed by atoms with E-state index in [1.807, 2.05) is 0 Å². The molecule has 0 aromatic heterocycles. The van der Waals surface area contributed by atoms with Gasteiger partial charge in [-0.1, -0.05) is 41.9 Å². The standard InChI is InChI=1S/C24H21ClFNO4/c1-24(2,3)31-30-23(29)17-13-12-16(21-18(25)10-7-11-19(21)26)14-20(17)27-22(28)15-8-5-4-6-9-15/h4-14H,1-3H3,(H,27,28). The van der Waals surface area contributed by atoms with Crippen LogP contribution < -0.4 is 5.32 Å². The van der Waals surface area contributed by atoms with Gasteiger partial charge in [-0.05, 0) is 62.7 Å². The van der Waals surface area contributed by atoms with E-state index in [0.29, 0.717) is 11.1 Å². The van der Waals surface area contributed by atoms with Crippen LogP contribution in [-0.4, -0.2) is 17.5 Å². The van der Waals surface area contributed by atoms with Crippen molar-refractivity contribution in [1.82, 2.24) is 0 Å². The number of hydrogen-bond donors (Lipinski definition) is 1. The van der Waals surface area contributed by atoms with E-state index in [1.54, 1.807) is 57.2 Å². The fourth-order valence-electron chi connectivity index (χ4n) is 2.75. The number of halogens is 2. The molecular formula is C24H21ClFNO4. The van der Waals surface area contributed by atoms with Crippen LogP contribution in [0.3, 0.4) is 0 Å². The van der Waals surface area contributed by atoms with E-state index in [1.165, 1.54) is 30.3 Å². The molecule has 5 nitrogen and oxygen atoms in total. The van der Waals surface area contributed by atoms with E-state index < -0.39 is 23.3 Å². The predicted octanol–water partition coefficient (Wildman–Crippen LogP) is 6.29.